The van der Waals surface area contributed by atoms with Gasteiger partial charge in [0.15, 0.2) is 0 Å². The monoisotopic (exact) mass is 227 g/mol. The third-order valence-electron chi connectivity index (χ3n) is 3.03. The van der Waals surface area contributed by atoms with Crippen LogP contribution in [0, 0.1) is 0 Å². The number of nitrogen functional groups attached to an aromatic ring is 1. The maximum atomic E-state index is 5.68. The first-order valence-electron chi connectivity index (χ1n) is 5.90. The molecule has 1 unspecified atom stereocenters. The van der Waals surface area contributed by atoms with E-state index in [1.165, 1.54) is 0 Å². The van der Waals surface area contributed by atoms with Crippen molar-refractivity contribution >= 4 is 5.95 Å². The van der Waals surface area contributed by atoms with Crippen molar-refractivity contribution in [1.82, 2.24) is 9.97 Å². The topological polar surface area (TPSA) is 51.8 Å². The first-order valence-corrected chi connectivity index (χ1v) is 5.90. The SMILES string of the molecule is CCC(C)c1cnc(N)nc1-c1ccccc1. The highest BCUT2D eigenvalue weighted by Crippen LogP contribution is 2.28. The Bertz CT molecular complexity index is 494. The highest BCUT2D eigenvalue weighted by molar-refractivity contribution is 5.64. The minimum Gasteiger partial charge on any atom is -0.368 e. The summed E-state index contributed by atoms with van der Waals surface area (Å²) in [5.41, 5.74) is 8.89. The lowest BCUT2D eigenvalue weighted by Gasteiger charge is -2.13. The molecule has 2 N–H and O–H groups in total. The van der Waals surface area contributed by atoms with E-state index < -0.39 is 0 Å². The molecular weight excluding hydrogens is 210 g/mol. The normalized spacial score (nSPS) is 12.4. The van der Waals surface area contributed by atoms with Crippen LogP contribution < -0.4 is 5.73 Å². The molecule has 1 atom stereocenters. The van der Waals surface area contributed by atoms with Crippen molar-refractivity contribution < 1.29 is 0 Å². The van der Waals surface area contributed by atoms with Crippen LogP contribution in [0.4, 0.5) is 5.95 Å². The molecule has 0 fully saturated rings. The highest BCUT2D eigenvalue weighted by Gasteiger charge is 2.13. The van der Waals surface area contributed by atoms with Crippen LogP contribution in [0.15, 0.2) is 36.5 Å². The highest BCUT2D eigenvalue weighted by atomic mass is 15.0. The van der Waals surface area contributed by atoms with Crippen LogP contribution in [0.2, 0.25) is 0 Å². The van der Waals surface area contributed by atoms with E-state index in [1.807, 2.05) is 36.5 Å². The van der Waals surface area contributed by atoms with Gasteiger partial charge in [0, 0.05) is 11.8 Å². The molecular formula is C14H17N3. The Hall–Kier alpha value is -1.90. The predicted octanol–water partition coefficient (Wildman–Crippen LogP) is 3.24. The maximum Gasteiger partial charge on any atom is 0.220 e. The molecule has 1 heterocycles. The van der Waals surface area contributed by atoms with Gasteiger partial charge in [-0.15, -0.1) is 0 Å². The number of anilines is 1. The van der Waals surface area contributed by atoms with Crippen molar-refractivity contribution in [2.75, 3.05) is 5.73 Å². The summed E-state index contributed by atoms with van der Waals surface area (Å²) in [4.78, 5) is 8.48. The van der Waals surface area contributed by atoms with Crippen molar-refractivity contribution in [2.45, 2.75) is 26.2 Å². The first-order chi connectivity index (χ1) is 8.22. The molecule has 1 aromatic carbocycles. The van der Waals surface area contributed by atoms with Crippen molar-refractivity contribution in [3.05, 3.63) is 42.1 Å². The fraction of sp³-hybridized carbons (Fsp3) is 0.286. The lowest BCUT2D eigenvalue weighted by atomic mass is 9.95. The van der Waals surface area contributed by atoms with Crippen LogP contribution in [-0.4, -0.2) is 9.97 Å². The van der Waals surface area contributed by atoms with Gasteiger partial charge < -0.3 is 5.73 Å². The summed E-state index contributed by atoms with van der Waals surface area (Å²) in [6.07, 6.45) is 2.91. The number of rotatable bonds is 3. The van der Waals surface area contributed by atoms with E-state index in [0.29, 0.717) is 11.9 Å². The third kappa shape index (κ3) is 2.44. The standard InChI is InChI=1S/C14H17N3/c1-3-10(2)12-9-16-14(15)17-13(12)11-7-5-4-6-8-11/h4-10H,3H2,1-2H3,(H2,15,16,17). The second kappa shape index (κ2) is 4.95. The minimum absolute atomic E-state index is 0.330. The Morgan fingerprint density at radius 3 is 2.59 bits per heavy atom. The Kier molecular flexibility index (Phi) is 3.38. The summed E-state index contributed by atoms with van der Waals surface area (Å²) in [7, 11) is 0. The fourth-order valence-corrected chi connectivity index (χ4v) is 1.81. The summed E-state index contributed by atoms with van der Waals surface area (Å²) < 4.78 is 0. The molecule has 0 amide bonds. The van der Waals surface area contributed by atoms with Crippen LogP contribution in [0.25, 0.3) is 11.3 Å². The van der Waals surface area contributed by atoms with E-state index in [4.69, 9.17) is 5.73 Å². The van der Waals surface area contributed by atoms with Gasteiger partial charge in [-0.2, -0.15) is 0 Å². The average molecular weight is 227 g/mol. The molecule has 3 nitrogen and oxygen atoms in total. The predicted molar refractivity (Wildman–Crippen MR) is 70.6 cm³/mol. The number of aromatic nitrogens is 2. The van der Waals surface area contributed by atoms with E-state index in [0.717, 1.165) is 23.2 Å². The molecule has 0 aliphatic heterocycles. The second-order valence-corrected chi connectivity index (χ2v) is 4.21. The Morgan fingerprint density at radius 1 is 1.24 bits per heavy atom. The molecule has 0 bridgehead atoms. The van der Waals surface area contributed by atoms with Gasteiger partial charge in [-0.3, -0.25) is 0 Å². The zero-order valence-corrected chi connectivity index (χ0v) is 10.2. The van der Waals surface area contributed by atoms with Crippen molar-refractivity contribution in [1.29, 1.82) is 0 Å². The fourth-order valence-electron chi connectivity index (χ4n) is 1.81. The summed E-state index contributed by atoms with van der Waals surface area (Å²) >= 11 is 0. The largest absolute Gasteiger partial charge is 0.368 e. The second-order valence-electron chi connectivity index (χ2n) is 4.21. The zero-order chi connectivity index (χ0) is 12.3. The lowest BCUT2D eigenvalue weighted by Crippen LogP contribution is -2.03. The van der Waals surface area contributed by atoms with Gasteiger partial charge in [0.1, 0.15) is 0 Å². The number of nitrogens with zero attached hydrogens (tertiary/aromatic N) is 2. The molecule has 1 aromatic heterocycles. The van der Waals surface area contributed by atoms with Crippen LogP contribution in [0.3, 0.4) is 0 Å². The first kappa shape index (κ1) is 11.6. The third-order valence-corrected chi connectivity index (χ3v) is 3.03. The summed E-state index contributed by atoms with van der Waals surface area (Å²) in [6.45, 7) is 4.34. The van der Waals surface area contributed by atoms with E-state index in [-0.39, 0.29) is 0 Å². The van der Waals surface area contributed by atoms with Gasteiger partial charge in [0.25, 0.3) is 0 Å². The van der Waals surface area contributed by atoms with Gasteiger partial charge in [0.2, 0.25) is 5.95 Å². The number of hydrogen-bond acceptors (Lipinski definition) is 3. The molecule has 0 spiro atoms. The van der Waals surface area contributed by atoms with Gasteiger partial charge in [-0.05, 0) is 17.9 Å². The smallest absolute Gasteiger partial charge is 0.220 e. The average Bonchev–Trinajstić information content (AvgIpc) is 2.39. The maximum absolute atomic E-state index is 5.68. The van der Waals surface area contributed by atoms with E-state index in [9.17, 15) is 0 Å². The molecule has 0 saturated carbocycles. The zero-order valence-electron chi connectivity index (χ0n) is 10.2. The molecule has 0 radical (unpaired) electrons. The lowest BCUT2D eigenvalue weighted by molar-refractivity contribution is 0.727. The number of hydrogen-bond donors (Lipinski definition) is 1. The van der Waals surface area contributed by atoms with E-state index in [2.05, 4.69) is 23.8 Å². The number of benzene rings is 1. The molecule has 2 rings (SSSR count). The van der Waals surface area contributed by atoms with Gasteiger partial charge in [-0.25, -0.2) is 9.97 Å². The minimum atomic E-state index is 0.330. The molecule has 88 valence electrons. The van der Waals surface area contributed by atoms with Crippen molar-refractivity contribution in [3.63, 3.8) is 0 Å². The molecule has 3 heteroatoms. The van der Waals surface area contributed by atoms with Crippen LogP contribution >= 0.6 is 0 Å². The quantitative estimate of drug-likeness (QED) is 0.875. The Morgan fingerprint density at radius 2 is 1.94 bits per heavy atom. The van der Waals surface area contributed by atoms with Gasteiger partial charge in [-0.1, -0.05) is 44.2 Å². The van der Waals surface area contributed by atoms with Crippen LogP contribution in [-0.2, 0) is 0 Å². The molecule has 0 aliphatic carbocycles. The Labute approximate surface area is 102 Å². The van der Waals surface area contributed by atoms with Crippen molar-refractivity contribution in [2.24, 2.45) is 0 Å². The Balaban J connectivity index is 2.55. The van der Waals surface area contributed by atoms with Crippen LogP contribution in [0.5, 0.6) is 0 Å². The molecule has 17 heavy (non-hydrogen) atoms. The van der Waals surface area contributed by atoms with Crippen molar-refractivity contribution in [3.8, 4) is 11.3 Å². The van der Waals surface area contributed by atoms with Crippen LogP contribution in [0.1, 0.15) is 31.7 Å². The van der Waals surface area contributed by atoms with E-state index in [1.54, 1.807) is 0 Å². The molecule has 2 aromatic rings. The summed E-state index contributed by atoms with van der Waals surface area (Å²) in [6, 6.07) is 10.1. The number of nitrogens with two attached hydrogens (primary N) is 1. The van der Waals surface area contributed by atoms with E-state index >= 15 is 0 Å². The summed E-state index contributed by atoms with van der Waals surface area (Å²) in [5.74, 6) is 0.765. The van der Waals surface area contributed by atoms with Gasteiger partial charge in [0.05, 0.1) is 5.69 Å². The molecule has 0 aliphatic rings. The van der Waals surface area contributed by atoms with Gasteiger partial charge >= 0.3 is 0 Å². The molecule has 0 saturated heterocycles. The summed E-state index contributed by atoms with van der Waals surface area (Å²) in [5, 5.41) is 0.